The molecule has 14 aromatic carbocycles. The summed E-state index contributed by atoms with van der Waals surface area (Å²) in [5.74, 6) is 1.50. The third-order valence-corrected chi connectivity index (χ3v) is 16.0. The minimum atomic E-state index is 0.466. The number of benzene rings is 14. The first-order valence-corrected chi connectivity index (χ1v) is 29.9. The summed E-state index contributed by atoms with van der Waals surface area (Å²) in [6, 6.07) is 127. The molecule has 0 aromatic heterocycles. The van der Waals surface area contributed by atoms with Crippen LogP contribution in [0.1, 0.15) is 2.74 Å². The van der Waals surface area contributed by atoms with Crippen LogP contribution in [0.4, 0.5) is 68.2 Å². The monoisotopic (exact) mass is 1150 g/mol. The van der Waals surface area contributed by atoms with Crippen LogP contribution in [0.25, 0.3) is 44.5 Å². The summed E-state index contributed by atoms with van der Waals surface area (Å²) in [5, 5.41) is 0. The molecule has 0 unspecified atom stereocenters. The molecule has 0 amide bonds. The molecule has 5 nitrogen and oxygen atoms in total. The summed E-state index contributed by atoms with van der Waals surface area (Å²) in [4.78, 5) is 9.01. The Labute approximate surface area is 524 Å². The molecule has 89 heavy (non-hydrogen) atoms. The van der Waals surface area contributed by atoms with Gasteiger partial charge in [-0.2, -0.15) is 0 Å². The zero-order valence-electron chi connectivity index (χ0n) is 50.8. The largest absolute Gasteiger partial charge is 0.457 e. The van der Waals surface area contributed by atoms with Crippen molar-refractivity contribution in [1.29, 1.82) is 0 Å². The highest BCUT2D eigenvalue weighted by molar-refractivity contribution is 5.84. The van der Waals surface area contributed by atoms with Gasteiger partial charge in [-0.25, -0.2) is 0 Å². The lowest BCUT2D eigenvalue weighted by molar-refractivity contribution is 0.483. The van der Waals surface area contributed by atoms with Crippen LogP contribution in [0.15, 0.2) is 376 Å². The maximum absolute atomic E-state index is 8.23. The minimum absolute atomic E-state index is 0.466. The average molecular weight is 1150 g/mol. The zero-order valence-corrected chi connectivity index (χ0v) is 48.8. The van der Waals surface area contributed by atoms with Gasteiger partial charge in [-0.15, -0.1) is 0 Å². The number of hydrogen-bond donors (Lipinski definition) is 0. The third kappa shape index (κ3) is 12.3. The molecule has 424 valence electrons. The summed E-state index contributed by atoms with van der Waals surface area (Å²) in [6.45, 7) is 0. The van der Waals surface area contributed by atoms with Gasteiger partial charge in [-0.05, 0) is 214 Å². The van der Waals surface area contributed by atoms with Crippen molar-refractivity contribution in [2.45, 2.75) is 0 Å². The van der Waals surface area contributed by atoms with Gasteiger partial charge in [-0.3, -0.25) is 0 Å². The molecule has 0 bridgehead atoms. The van der Waals surface area contributed by atoms with Crippen molar-refractivity contribution in [3.8, 4) is 56.0 Å². The van der Waals surface area contributed by atoms with Gasteiger partial charge in [-0.1, -0.05) is 206 Å². The van der Waals surface area contributed by atoms with Gasteiger partial charge >= 0.3 is 0 Å². The molecule has 0 heterocycles. The number of anilines is 12. The fraction of sp³-hybridized carbons (Fsp3) is 0. The Bertz CT molecular complexity index is 4260. The first-order valence-electron chi connectivity index (χ1n) is 30.9. The minimum Gasteiger partial charge on any atom is -0.457 e. The number of hydrogen-bond acceptors (Lipinski definition) is 5. The number of nitrogens with zero attached hydrogens (tertiary/aromatic N) is 4. The summed E-state index contributed by atoms with van der Waals surface area (Å²) < 4.78 is 22.9. The SMILES string of the molecule is [3H]c1ccc(N(c2ccc(-c3ccc(Oc4ccc(-c5ccc(N(c6ccc([3H])cc6)c6ccc(-c7ccc(N(c8ccccc8)c8ccccc8)cc7)cc6)cc5)cc4)cc3)cc2)c2ccc(-c3ccc(N(c4ccccc4)c4ccccc4)cc3)cc2)cc1. The highest BCUT2D eigenvalue weighted by Gasteiger charge is 2.18. The Morgan fingerprint density at radius 1 is 0.157 bits per heavy atom. The lowest BCUT2D eigenvalue weighted by Crippen LogP contribution is -2.09. The van der Waals surface area contributed by atoms with Gasteiger partial charge in [0.1, 0.15) is 11.5 Å². The van der Waals surface area contributed by atoms with Gasteiger partial charge in [0, 0.05) is 68.2 Å². The van der Waals surface area contributed by atoms with Crippen LogP contribution in [0.5, 0.6) is 11.5 Å². The van der Waals surface area contributed by atoms with Crippen LogP contribution in [0.3, 0.4) is 0 Å². The second kappa shape index (κ2) is 25.7. The first-order chi connectivity index (χ1) is 44.9. The van der Waals surface area contributed by atoms with Crippen molar-refractivity contribution in [1.82, 2.24) is 0 Å². The summed E-state index contributed by atoms with van der Waals surface area (Å²) in [6.07, 6.45) is 0. The molecular formula is C84H62N4O. The number of para-hydroxylation sites is 6. The summed E-state index contributed by atoms with van der Waals surface area (Å²) >= 11 is 0. The van der Waals surface area contributed by atoms with Crippen molar-refractivity contribution in [2.75, 3.05) is 19.6 Å². The quantitative estimate of drug-likeness (QED) is 0.0852. The Morgan fingerprint density at radius 2 is 0.303 bits per heavy atom. The lowest BCUT2D eigenvalue weighted by Gasteiger charge is -2.26. The van der Waals surface area contributed by atoms with Crippen molar-refractivity contribution < 1.29 is 7.48 Å². The van der Waals surface area contributed by atoms with E-state index in [9.17, 15) is 0 Å². The van der Waals surface area contributed by atoms with Crippen molar-refractivity contribution >= 4 is 68.2 Å². The molecule has 14 aromatic rings. The Morgan fingerprint density at radius 3 is 0.483 bits per heavy atom. The highest BCUT2D eigenvalue weighted by Crippen LogP contribution is 2.42. The Kier molecular flexibility index (Phi) is 15.2. The second-order valence-electron chi connectivity index (χ2n) is 21.6. The van der Waals surface area contributed by atoms with E-state index >= 15 is 0 Å². The molecule has 5 heteroatoms. The average Bonchev–Trinajstić information content (AvgIpc) is 3.11. The molecule has 0 radical (unpaired) electrons. The fourth-order valence-corrected chi connectivity index (χ4v) is 11.5. The van der Waals surface area contributed by atoms with E-state index in [0.29, 0.717) is 12.1 Å². The van der Waals surface area contributed by atoms with Gasteiger partial charge in [0.05, 0.1) is 2.74 Å². The van der Waals surface area contributed by atoms with Crippen molar-refractivity contribution in [3.05, 3.63) is 376 Å². The molecule has 0 aliphatic carbocycles. The van der Waals surface area contributed by atoms with E-state index in [1.165, 1.54) is 0 Å². The van der Waals surface area contributed by atoms with Crippen LogP contribution in [0, 0.1) is 0 Å². The first kappa shape index (κ1) is 52.6. The zero-order chi connectivity index (χ0) is 61.3. The number of ether oxygens (including phenoxy) is 1. The van der Waals surface area contributed by atoms with Crippen molar-refractivity contribution in [2.24, 2.45) is 0 Å². The molecule has 0 N–H and O–H groups in total. The van der Waals surface area contributed by atoms with E-state index in [0.717, 1.165) is 124 Å². The second-order valence-corrected chi connectivity index (χ2v) is 21.6. The van der Waals surface area contributed by atoms with Gasteiger partial charge < -0.3 is 24.3 Å². The summed E-state index contributed by atoms with van der Waals surface area (Å²) in [7, 11) is 0. The Balaban J connectivity index is 0.635. The van der Waals surface area contributed by atoms with Gasteiger partial charge in [0.15, 0.2) is 0 Å². The van der Waals surface area contributed by atoms with Crippen molar-refractivity contribution in [3.63, 3.8) is 0 Å². The molecule has 0 saturated heterocycles. The van der Waals surface area contributed by atoms with E-state index < -0.39 is 0 Å². The smallest absolute Gasteiger partial charge is 0.127 e. The molecular weight excluding hydrogens is 1080 g/mol. The highest BCUT2D eigenvalue weighted by atomic mass is 16.5. The van der Waals surface area contributed by atoms with Gasteiger partial charge in [0.2, 0.25) is 0 Å². The van der Waals surface area contributed by atoms with Gasteiger partial charge in [0.25, 0.3) is 0 Å². The van der Waals surface area contributed by atoms with E-state index in [1.807, 2.05) is 97.1 Å². The van der Waals surface area contributed by atoms with Crippen LogP contribution in [0.2, 0.25) is 0 Å². The van der Waals surface area contributed by atoms with E-state index in [1.54, 1.807) is 0 Å². The topological polar surface area (TPSA) is 22.2 Å². The maximum Gasteiger partial charge on any atom is 0.127 e. The van der Waals surface area contributed by atoms with E-state index in [2.05, 4.69) is 287 Å². The molecule has 0 spiro atoms. The molecule has 0 atom stereocenters. The lowest BCUT2D eigenvalue weighted by atomic mass is 10.0. The standard InChI is InChI=1S/C84H62N4O/c1-7-19-71(20-8-1)85(72-21-9-2-10-22-72)77-47-31-63(32-48-77)65-35-51-79(52-36-65)87(75-27-15-5-16-28-75)81-55-39-67(40-56-81)69-43-59-83(60-44-69)89-84-61-45-70(46-62-84)68-41-57-82(58-42-68)88(76-29-17-6-18-30-76)80-53-37-66(38-54-80)64-33-49-78(50-34-64)86(73-23-11-3-12-24-73)74-25-13-4-14-26-74/h1-62H/i5T,6T. The van der Waals surface area contributed by atoms with Crippen LogP contribution in [-0.2, 0) is 0 Å². The van der Waals surface area contributed by atoms with Crippen LogP contribution in [-0.4, -0.2) is 0 Å². The third-order valence-electron chi connectivity index (χ3n) is 16.0. The van der Waals surface area contributed by atoms with Crippen LogP contribution < -0.4 is 24.3 Å². The molecule has 14 rings (SSSR count). The molecule has 0 saturated carbocycles. The molecule has 0 aliphatic rings. The Hall–Kier alpha value is -11.9. The molecule has 0 aliphatic heterocycles. The van der Waals surface area contributed by atoms with Crippen LogP contribution >= 0.6 is 0 Å². The number of rotatable bonds is 18. The predicted molar refractivity (Wildman–Crippen MR) is 373 cm³/mol. The summed E-state index contributed by atoms with van der Waals surface area (Å²) in [5.41, 5.74) is 21.4. The maximum atomic E-state index is 8.23. The predicted octanol–water partition coefficient (Wildman–Crippen LogP) is 24.0. The van der Waals surface area contributed by atoms with E-state index in [-0.39, 0.29) is 0 Å². The normalized spacial score (nSPS) is 11.2. The fourth-order valence-electron chi connectivity index (χ4n) is 11.5. The molecule has 0 fully saturated rings. The van der Waals surface area contributed by atoms with E-state index in [4.69, 9.17) is 7.48 Å².